The second-order valence-corrected chi connectivity index (χ2v) is 6.14. The minimum Gasteiger partial charge on any atom is -0.142 e. The summed E-state index contributed by atoms with van der Waals surface area (Å²) in [4.78, 5) is 1.05. The summed E-state index contributed by atoms with van der Waals surface area (Å²) in [5, 5.41) is 2.18. The maximum atomic E-state index is 4.42. The Morgan fingerprint density at radius 1 is 1.38 bits per heavy atom. The molecular weight excluding hydrogens is 332 g/mol. The number of halogens is 2. The van der Waals surface area contributed by atoms with Crippen LogP contribution in [0, 0.1) is 0 Å². The Balaban J connectivity index is 2.83. The van der Waals surface area contributed by atoms with Crippen LogP contribution in [0.5, 0.6) is 0 Å². The van der Waals surface area contributed by atoms with Crippen molar-refractivity contribution in [2.75, 3.05) is 0 Å². The van der Waals surface area contributed by atoms with Gasteiger partial charge in [0, 0.05) is 14.9 Å². The largest absolute Gasteiger partial charge is 0.142 e. The number of rotatable bonds is 1. The molecule has 0 radical (unpaired) electrons. The fourth-order valence-corrected chi connectivity index (χ4v) is 3.63. The maximum Gasteiger partial charge on any atom is 0.0711 e. The predicted octanol–water partition coefficient (Wildman–Crippen LogP) is 4.85. The van der Waals surface area contributed by atoms with Gasteiger partial charge in [-0.25, -0.2) is 0 Å². The minimum atomic E-state index is 0.890. The molecule has 4 heteroatoms. The van der Waals surface area contributed by atoms with E-state index in [1.54, 1.807) is 11.3 Å². The van der Waals surface area contributed by atoms with Gasteiger partial charge < -0.3 is 0 Å². The molecule has 0 bridgehead atoms. The van der Waals surface area contributed by atoms with Gasteiger partial charge in [-0.3, -0.25) is 0 Å². The van der Waals surface area contributed by atoms with E-state index in [0.717, 1.165) is 14.0 Å². The standard InChI is InChI=1S/C9H6Br2S2/c10-4-5-1-2-7(12)9-6(5)3-8(11)13-9/h1-3,12H,4H2. The van der Waals surface area contributed by atoms with Crippen LogP contribution in [-0.2, 0) is 5.33 Å². The van der Waals surface area contributed by atoms with Crippen molar-refractivity contribution >= 4 is 65.9 Å². The Kier molecular flexibility index (Phi) is 3.03. The number of hydrogen-bond donors (Lipinski definition) is 1. The molecule has 1 aromatic carbocycles. The SMILES string of the molecule is Sc1ccc(CBr)c2cc(Br)sc12. The van der Waals surface area contributed by atoms with Crippen molar-refractivity contribution in [1.29, 1.82) is 0 Å². The molecule has 0 saturated heterocycles. The Hall–Kier alpha value is 0.490. The molecule has 1 aromatic heterocycles. The van der Waals surface area contributed by atoms with Crippen molar-refractivity contribution in [3.63, 3.8) is 0 Å². The average Bonchev–Trinajstić information content (AvgIpc) is 2.48. The van der Waals surface area contributed by atoms with Crippen LogP contribution in [0.3, 0.4) is 0 Å². The van der Waals surface area contributed by atoms with Gasteiger partial charge in [0.15, 0.2) is 0 Å². The first-order chi connectivity index (χ1) is 6.22. The third-order valence-corrected chi connectivity index (χ3v) is 4.67. The van der Waals surface area contributed by atoms with Gasteiger partial charge in [-0.1, -0.05) is 22.0 Å². The summed E-state index contributed by atoms with van der Waals surface area (Å²) in [7, 11) is 0. The fraction of sp³-hybridized carbons (Fsp3) is 0.111. The summed E-state index contributed by atoms with van der Waals surface area (Å²) in [6.45, 7) is 0. The van der Waals surface area contributed by atoms with Crippen LogP contribution >= 0.6 is 55.8 Å². The van der Waals surface area contributed by atoms with E-state index in [4.69, 9.17) is 0 Å². The molecule has 0 unspecified atom stereocenters. The Bertz CT molecular complexity index is 448. The lowest BCUT2D eigenvalue weighted by Crippen LogP contribution is -1.77. The summed E-state index contributed by atoms with van der Waals surface area (Å²) in [6, 6.07) is 6.31. The zero-order chi connectivity index (χ0) is 9.42. The number of benzene rings is 1. The number of alkyl halides is 1. The van der Waals surface area contributed by atoms with E-state index in [2.05, 4.69) is 56.6 Å². The van der Waals surface area contributed by atoms with E-state index in [1.165, 1.54) is 15.6 Å². The molecule has 0 atom stereocenters. The molecule has 1 heterocycles. The van der Waals surface area contributed by atoms with E-state index in [-0.39, 0.29) is 0 Å². The van der Waals surface area contributed by atoms with Gasteiger partial charge in [0.1, 0.15) is 0 Å². The molecule has 13 heavy (non-hydrogen) atoms. The molecule has 2 rings (SSSR count). The molecule has 0 fully saturated rings. The molecule has 2 aromatic rings. The van der Waals surface area contributed by atoms with Gasteiger partial charge in [-0.15, -0.1) is 24.0 Å². The summed E-state index contributed by atoms with van der Waals surface area (Å²) in [5.74, 6) is 0. The van der Waals surface area contributed by atoms with E-state index >= 15 is 0 Å². The van der Waals surface area contributed by atoms with E-state index < -0.39 is 0 Å². The summed E-state index contributed by atoms with van der Waals surface area (Å²) < 4.78 is 2.42. The molecule has 0 nitrogen and oxygen atoms in total. The molecule has 0 aliphatic heterocycles. The Labute approximate surface area is 103 Å². The topological polar surface area (TPSA) is 0 Å². The molecule has 68 valence electrons. The summed E-state index contributed by atoms with van der Waals surface area (Å²) in [6.07, 6.45) is 0. The van der Waals surface area contributed by atoms with Gasteiger partial charge in [0.05, 0.1) is 3.79 Å². The van der Waals surface area contributed by atoms with E-state index in [1.807, 2.05) is 6.07 Å². The maximum absolute atomic E-state index is 4.42. The van der Waals surface area contributed by atoms with Crippen molar-refractivity contribution in [3.05, 3.63) is 27.5 Å². The molecule has 0 amide bonds. The van der Waals surface area contributed by atoms with Crippen molar-refractivity contribution < 1.29 is 0 Å². The van der Waals surface area contributed by atoms with Gasteiger partial charge >= 0.3 is 0 Å². The van der Waals surface area contributed by atoms with E-state index in [0.29, 0.717) is 0 Å². The molecule has 0 aliphatic carbocycles. The smallest absolute Gasteiger partial charge is 0.0711 e. The van der Waals surface area contributed by atoms with Crippen LogP contribution in [0.4, 0.5) is 0 Å². The number of hydrogen-bond acceptors (Lipinski definition) is 2. The molecule has 0 spiro atoms. The molecule has 0 aliphatic rings. The number of fused-ring (bicyclic) bond motifs is 1. The zero-order valence-corrected chi connectivity index (χ0v) is 11.4. The van der Waals surface area contributed by atoms with Crippen LogP contribution in [0.2, 0.25) is 0 Å². The molecular formula is C9H6Br2S2. The monoisotopic (exact) mass is 336 g/mol. The third-order valence-electron chi connectivity index (χ3n) is 1.87. The van der Waals surface area contributed by atoms with Crippen LogP contribution in [0.15, 0.2) is 26.9 Å². The van der Waals surface area contributed by atoms with Crippen molar-refractivity contribution in [2.45, 2.75) is 10.2 Å². The second-order valence-electron chi connectivity index (χ2n) is 2.67. The predicted molar refractivity (Wildman–Crippen MR) is 69.4 cm³/mol. The zero-order valence-electron chi connectivity index (χ0n) is 6.55. The highest BCUT2D eigenvalue weighted by Crippen LogP contribution is 2.36. The van der Waals surface area contributed by atoms with Crippen molar-refractivity contribution in [1.82, 2.24) is 0 Å². The minimum absolute atomic E-state index is 0.890. The van der Waals surface area contributed by atoms with E-state index in [9.17, 15) is 0 Å². The van der Waals surface area contributed by atoms with Gasteiger partial charge in [0.25, 0.3) is 0 Å². The van der Waals surface area contributed by atoms with Crippen LogP contribution in [-0.4, -0.2) is 0 Å². The highest BCUT2D eigenvalue weighted by Gasteiger charge is 2.06. The first-order valence-electron chi connectivity index (χ1n) is 3.68. The third kappa shape index (κ3) is 1.82. The highest BCUT2D eigenvalue weighted by atomic mass is 79.9. The van der Waals surface area contributed by atoms with Crippen LogP contribution < -0.4 is 0 Å². The summed E-state index contributed by atoms with van der Waals surface area (Å²) in [5.41, 5.74) is 1.31. The Morgan fingerprint density at radius 3 is 2.85 bits per heavy atom. The lowest BCUT2D eigenvalue weighted by Gasteiger charge is -1.99. The van der Waals surface area contributed by atoms with Crippen molar-refractivity contribution in [3.8, 4) is 0 Å². The second kappa shape index (κ2) is 3.93. The molecule has 0 saturated carbocycles. The average molecular weight is 338 g/mol. The lowest BCUT2D eigenvalue weighted by molar-refractivity contribution is 1.46. The van der Waals surface area contributed by atoms with Gasteiger partial charge in [-0.05, 0) is 39.0 Å². The first kappa shape index (κ1) is 10.0. The lowest BCUT2D eigenvalue weighted by atomic mass is 10.1. The van der Waals surface area contributed by atoms with Crippen molar-refractivity contribution in [2.24, 2.45) is 0 Å². The first-order valence-corrected chi connectivity index (χ1v) is 6.86. The fourth-order valence-electron chi connectivity index (χ4n) is 1.25. The van der Waals surface area contributed by atoms with Crippen LogP contribution in [0.25, 0.3) is 10.1 Å². The molecule has 0 N–H and O–H groups in total. The highest BCUT2D eigenvalue weighted by molar-refractivity contribution is 9.11. The van der Waals surface area contributed by atoms with Gasteiger partial charge in [-0.2, -0.15) is 0 Å². The quantitative estimate of drug-likeness (QED) is 0.558. The normalized spacial score (nSPS) is 11.0. The van der Waals surface area contributed by atoms with Gasteiger partial charge in [0.2, 0.25) is 0 Å². The summed E-state index contributed by atoms with van der Waals surface area (Å²) >= 11 is 13.1. The number of thiol groups is 1. The Morgan fingerprint density at radius 2 is 2.15 bits per heavy atom. The van der Waals surface area contributed by atoms with Crippen LogP contribution in [0.1, 0.15) is 5.56 Å². The number of thiophene rings is 1.